The maximum absolute atomic E-state index is 11.8. The van der Waals surface area contributed by atoms with Crippen molar-refractivity contribution in [2.45, 2.75) is 6.42 Å². The molecule has 5 heteroatoms. The summed E-state index contributed by atoms with van der Waals surface area (Å²) in [5.41, 5.74) is 1.90. The molecule has 4 nitrogen and oxygen atoms in total. The van der Waals surface area contributed by atoms with Crippen molar-refractivity contribution in [2.75, 3.05) is 25.5 Å². The van der Waals surface area contributed by atoms with E-state index >= 15 is 0 Å². The molecule has 0 saturated heterocycles. The Morgan fingerprint density at radius 3 is 2.64 bits per heavy atom. The Balaban J connectivity index is 1.69. The topological polar surface area (TPSA) is 50.4 Å². The van der Waals surface area contributed by atoms with E-state index in [4.69, 9.17) is 16.3 Å². The molecule has 0 aliphatic heterocycles. The molecule has 2 aromatic carbocycles. The van der Waals surface area contributed by atoms with Gasteiger partial charge in [0, 0.05) is 10.7 Å². The van der Waals surface area contributed by atoms with Gasteiger partial charge in [0.15, 0.2) is 0 Å². The lowest BCUT2D eigenvalue weighted by molar-refractivity contribution is -0.115. The van der Waals surface area contributed by atoms with Crippen molar-refractivity contribution in [3.63, 3.8) is 0 Å². The Labute approximate surface area is 135 Å². The highest BCUT2D eigenvalue weighted by molar-refractivity contribution is 6.30. The van der Waals surface area contributed by atoms with Crippen molar-refractivity contribution < 1.29 is 9.53 Å². The summed E-state index contributed by atoms with van der Waals surface area (Å²) in [6.07, 6.45) is 0.830. The molecule has 1 amide bonds. The third-order valence-electron chi connectivity index (χ3n) is 3.14. The predicted molar refractivity (Wildman–Crippen MR) is 89.6 cm³/mol. The van der Waals surface area contributed by atoms with Gasteiger partial charge in [-0.15, -0.1) is 0 Å². The normalized spacial score (nSPS) is 10.3. The maximum Gasteiger partial charge on any atom is 0.238 e. The summed E-state index contributed by atoms with van der Waals surface area (Å²) in [7, 11) is 1.61. The molecular formula is C17H19ClN2O2. The summed E-state index contributed by atoms with van der Waals surface area (Å²) in [5.74, 6) is 0.689. The highest BCUT2D eigenvalue weighted by atomic mass is 35.5. The zero-order chi connectivity index (χ0) is 15.8. The van der Waals surface area contributed by atoms with Crippen LogP contribution in [-0.4, -0.2) is 26.1 Å². The van der Waals surface area contributed by atoms with E-state index in [-0.39, 0.29) is 12.5 Å². The van der Waals surface area contributed by atoms with Crippen LogP contribution in [0.1, 0.15) is 5.56 Å². The maximum atomic E-state index is 11.8. The highest BCUT2D eigenvalue weighted by Crippen LogP contribution is 2.14. The van der Waals surface area contributed by atoms with Crippen LogP contribution in [-0.2, 0) is 11.2 Å². The quantitative estimate of drug-likeness (QED) is 0.771. The summed E-state index contributed by atoms with van der Waals surface area (Å²) in [4.78, 5) is 11.8. The first kappa shape index (κ1) is 16.3. The van der Waals surface area contributed by atoms with E-state index in [1.54, 1.807) is 7.11 Å². The standard InChI is InChI=1S/C17H19ClN2O2/c1-22-16-7-5-15(6-8-16)20-17(21)12-19-10-9-13-3-2-4-14(18)11-13/h2-8,11,19H,9-10,12H2,1H3,(H,20,21). The lowest BCUT2D eigenvalue weighted by atomic mass is 10.1. The SMILES string of the molecule is COc1ccc(NC(=O)CNCCc2cccc(Cl)c2)cc1. The van der Waals surface area contributed by atoms with Gasteiger partial charge < -0.3 is 15.4 Å². The van der Waals surface area contributed by atoms with Gasteiger partial charge in [-0.3, -0.25) is 4.79 Å². The van der Waals surface area contributed by atoms with Gasteiger partial charge in [-0.1, -0.05) is 23.7 Å². The number of carbonyl (C=O) groups is 1. The summed E-state index contributed by atoms with van der Waals surface area (Å²) >= 11 is 5.93. The number of anilines is 1. The summed E-state index contributed by atoms with van der Waals surface area (Å²) in [5, 5.41) is 6.67. The van der Waals surface area contributed by atoms with Gasteiger partial charge in [-0.05, 0) is 54.9 Å². The average Bonchev–Trinajstić information content (AvgIpc) is 2.52. The Morgan fingerprint density at radius 1 is 1.18 bits per heavy atom. The van der Waals surface area contributed by atoms with E-state index in [2.05, 4.69) is 10.6 Å². The van der Waals surface area contributed by atoms with Crippen molar-refractivity contribution >= 4 is 23.2 Å². The fourth-order valence-corrected chi connectivity index (χ4v) is 2.22. The number of hydrogen-bond acceptors (Lipinski definition) is 3. The molecule has 0 aromatic heterocycles. The van der Waals surface area contributed by atoms with E-state index in [0.29, 0.717) is 0 Å². The van der Waals surface area contributed by atoms with E-state index in [1.807, 2.05) is 48.5 Å². The van der Waals surface area contributed by atoms with Crippen LogP contribution in [0.4, 0.5) is 5.69 Å². The van der Waals surface area contributed by atoms with E-state index in [9.17, 15) is 4.79 Å². The second kappa shape index (κ2) is 8.41. The van der Waals surface area contributed by atoms with Crippen LogP contribution < -0.4 is 15.4 Å². The first-order valence-corrected chi connectivity index (χ1v) is 7.44. The summed E-state index contributed by atoms with van der Waals surface area (Å²) in [6.45, 7) is 0.989. The molecule has 2 rings (SSSR count). The third kappa shape index (κ3) is 5.39. The van der Waals surface area contributed by atoms with Gasteiger partial charge in [0.2, 0.25) is 5.91 Å². The van der Waals surface area contributed by atoms with Gasteiger partial charge in [0.25, 0.3) is 0 Å². The largest absolute Gasteiger partial charge is 0.497 e. The number of benzene rings is 2. The Hall–Kier alpha value is -2.04. The van der Waals surface area contributed by atoms with Crippen molar-refractivity contribution in [1.82, 2.24) is 5.32 Å². The molecule has 0 unspecified atom stereocenters. The third-order valence-corrected chi connectivity index (χ3v) is 3.37. The molecule has 2 N–H and O–H groups in total. The average molecular weight is 319 g/mol. The number of rotatable bonds is 7. The van der Waals surface area contributed by atoms with E-state index in [0.717, 1.165) is 35.0 Å². The first-order chi connectivity index (χ1) is 10.7. The summed E-state index contributed by atoms with van der Waals surface area (Å²) in [6, 6.07) is 15.0. The monoisotopic (exact) mass is 318 g/mol. The Morgan fingerprint density at radius 2 is 1.95 bits per heavy atom. The molecular weight excluding hydrogens is 300 g/mol. The van der Waals surface area contributed by atoms with Crippen LogP contribution in [0.25, 0.3) is 0 Å². The number of ether oxygens (including phenoxy) is 1. The second-order valence-electron chi connectivity index (χ2n) is 4.83. The fraction of sp³-hybridized carbons (Fsp3) is 0.235. The minimum Gasteiger partial charge on any atom is -0.497 e. The minimum absolute atomic E-state index is 0.0729. The van der Waals surface area contributed by atoms with Crippen LogP contribution in [0.5, 0.6) is 5.75 Å². The first-order valence-electron chi connectivity index (χ1n) is 7.06. The van der Waals surface area contributed by atoms with Crippen molar-refractivity contribution in [1.29, 1.82) is 0 Å². The molecule has 2 aromatic rings. The lowest BCUT2D eigenvalue weighted by Crippen LogP contribution is -2.29. The van der Waals surface area contributed by atoms with E-state index in [1.165, 1.54) is 0 Å². The van der Waals surface area contributed by atoms with Gasteiger partial charge in [-0.25, -0.2) is 0 Å². The molecule has 0 fully saturated rings. The Kier molecular flexibility index (Phi) is 6.25. The molecule has 0 aliphatic rings. The van der Waals surface area contributed by atoms with Gasteiger partial charge in [0.05, 0.1) is 13.7 Å². The number of nitrogens with one attached hydrogen (secondary N) is 2. The molecule has 0 bridgehead atoms. The van der Waals surface area contributed by atoms with Crippen LogP contribution in [0.15, 0.2) is 48.5 Å². The molecule has 0 radical (unpaired) electrons. The van der Waals surface area contributed by atoms with Crippen LogP contribution >= 0.6 is 11.6 Å². The number of amides is 1. The molecule has 116 valence electrons. The summed E-state index contributed by atoms with van der Waals surface area (Å²) < 4.78 is 5.07. The fourth-order valence-electron chi connectivity index (χ4n) is 2.01. The van der Waals surface area contributed by atoms with Crippen molar-refractivity contribution in [3.05, 3.63) is 59.1 Å². The van der Waals surface area contributed by atoms with E-state index < -0.39 is 0 Å². The smallest absolute Gasteiger partial charge is 0.238 e. The number of carbonyl (C=O) groups excluding carboxylic acids is 1. The van der Waals surface area contributed by atoms with Gasteiger partial charge in [0.1, 0.15) is 5.75 Å². The second-order valence-corrected chi connectivity index (χ2v) is 5.27. The van der Waals surface area contributed by atoms with Gasteiger partial charge in [-0.2, -0.15) is 0 Å². The zero-order valence-corrected chi connectivity index (χ0v) is 13.2. The molecule has 0 saturated carbocycles. The van der Waals surface area contributed by atoms with Crippen LogP contribution in [0.3, 0.4) is 0 Å². The molecule has 0 spiro atoms. The molecule has 0 heterocycles. The van der Waals surface area contributed by atoms with Gasteiger partial charge >= 0.3 is 0 Å². The van der Waals surface area contributed by atoms with Crippen molar-refractivity contribution in [3.8, 4) is 5.75 Å². The van der Waals surface area contributed by atoms with Crippen LogP contribution in [0, 0.1) is 0 Å². The molecule has 22 heavy (non-hydrogen) atoms. The predicted octanol–water partition coefficient (Wildman–Crippen LogP) is 3.12. The Bertz CT molecular complexity index is 614. The molecule has 0 aliphatic carbocycles. The number of methoxy groups -OCH3 is 1. The van der Waals surface area contributed by atoms with Crippen molar-refractivity contribution in [2.24, 2.45) is 0 Å². The minimum atomic E-state index is -0.0729. The number of hydrogen-bond donors (Lipinski definition) is 2. The highest BCUT2D eigenvalue weighted by Gasteiger charge is 2.02. The van der Waals surface area contributed by atoms with Crippen LogP contribution in [0.2, 0.25) is 5.02 Å². The zero-order valence-electron chi connectivity index (χ0n) is 12.4. The number of halogens is 1. The molecule has 0 atom stereocenters. The lowest BCUT2D eigenvalue weighted by Gasteiger charge is -2.08.